The maximum Gasteiger partial charge on any atom is 0.503 e. The maximum atomic E-state index is 12.8. The van der Waals surface area contributed by atoms with Crippen LogP contribution in [-0.4, -0.2) is 30.8 Å². The van der Waals surface area contributed by atoms with Crippen LogP contribution >= 0.6 is 0 Å². The van der Waals surface area contributed by atoms with Crippen molar-refractivity contribution in [2.45, 2.75) is 68.2 Å². The Bertz CT molecular complexity index is 978. The maximum absolute atomic E-state index is 12.8. The SMILES string of the molecule is CC1CCC(c2ccc(S(=O)(=O)N[C@H]3C[C@]3(C)c3ccccc3)cc2)CC1.O=C(O)O. The van der Waals surface area contributed by atoms with E-state index in [0.717, 1.165) is 12.3 Å². The van der Waals surface area contributed by atoms with E-state index in [-0.39, 0.29) is 11.5 Å². The molecule has 2 aromatic carbocycles. The molecule has 0 saturated heterocycles. The molecule has 6 nitrogen and oxygen atoms in total. The van der Waals surface area contributed by atoms with Gasteiger partial charge >= 0.3 is 6.16 Å². The molecular weight excluding hydrogens is 414 g/mol. The summed E-state index contributed by atoms with van der Waals surface area (Å²) in [6.45, 7) is 4.45. The van der Waals surface area contributed by atoms with E-state index >= 15 is 0 Å². The molecule has 0 spiro atoms. The van der Waals surface area contributed by atoms with Gasteiger partial charge in [0.2, 0.25) is 10.0 Å². The van der Waals surface area contributed by atoms with Crippen molar-refractivity contribution in [2.75, 3.05) is 0 Å². The Morgan fingerprint density at radius 1 is 0.968 bits per heavy atom. The molecule has 31 heavy (non-hydrogen) atoms. The summed E-state index contributed by atoms with van der Waals surface area (Å²) in [7, 11) is -3.48. The van der Waals surface area contributed by atoms with E-state index in [9.17, 15) is 8.42 Å². The fourth-order valence-corrected chi connectivity index (χ4v) is 5.79. The summed E-state index contributed by atoms with van der Waals surface area (Å²) in [4.78, 5) is 8.93. The van der Waals surface area contributed by atoms with Gasteiger partial charge in [-0.05, 0) is 54.4 Å². The first-order valence-corrected chi connectivity index (χ1v) is 12.2. The zero-order chi connectivity index (χ0) is 22.6. The molecular formula is C24H31NO5S. The number of rotatable bonds is 5. The van der Waals surface area contributed by atoms with Gasteiger partial charge < -0.3 is 10.2 Å². The standard InChI is InChI=1S/C23H29NO2S.CH2O3/c1-17-8-10-18(11-9-17)19-12-14-21(15-13-19)27(25,26)24-22-16-23(22,2)20-6-4-3-5-7-20;2-1(3)4/h3-7,12-15,17-18,22,24H,8-11,16H2,1-2H3;(H2,2,3,4)/t17?,18?,22-,23+;/m0./s1. The number of carbonyl (C=O) groups is 1. The highest BCUT2D eigenvalue weighted by Gasteiger charge is 2.53. The van der Waals surface area contributed by atoms with E-state index in [2.05, 4.69) is 30.7 Å². The van der Waals surface area contributed by atoms with Crippen molar-refractivity contribution in [1.82, 2.24) is 4.72 Å². The molecule has 2 fully saturated rings. The molecule has 0 heterocycles. The Kier molecular flexibility index (Phi) is 7.06. The molecule has 0 bridgehead atoms. The molecule has 2 atom stereocenters. The quantitative estimate of drug-likeness (QED) is 0.586. The zero-order valence-electron chi connectivity index (χ0n) is 18.0. The highest BCUT2D eigenvalue weighted by atomic mass is 32.2. The third kappa shape index (κ3) is 5.86. The van der Waals surface area contributed by atoms with Crippen molar-refractivity contribution in [3.05, 3.63) is 65.7 Å². The third-order valence-electron chi connectivity index (χ3n) is 6.65. The van der Waals surface area contributed by atoms with Crippen molar-refractivity contribution in [3.63, 3.8) is 0 Å². The molecule has 2 aliphatic rings. The second kappa shape index (κ2) is 9.40. The summed E-state index contributed by atoms with van der Waals surface area (Å²) in [5.41, 5.74) is 2.37. The van der Waals surface area contributed by atoms with Gasteiger partial charge in [0.15, 0.2) is 0 Å². The predicted octanol–water partition coefficient (Wildman–Crippen LogP) is 5.21. The van der Waals surface area contributed by atoms with Gasteiger partial charge in [0, 0.05) is 11.5 Å². The number of hydrogen-bond donors (Lipinski definition) is 3. The van der Waals surface area contributed by atoms with Crippen LogP contribution in [0, 0.1) is 5.92 Å². The lowest BCUT2D eigenvalue weighted by Gasteiger charge is -2.26. The van der Waals surface area contributed by atoms with Crippen LogP contribution in [0.2, 0.25) is 0 Å². The molecule has 0 radical (unpaired) electrons. The molecule has 168 valence electrons. The van der Waals surface area contributed by atoms with Crippen LogP contribution in [0.15, 0.2) is 59.5 Å². The molecule has 2 aromatic rings. The molecule has 0 aliphatic heterocycles. The molecule has 0 unspecified atom stereocenters. The van der Waals surface area contributed by atoms with Crippen LogP contribution in [0.25, 0.3) is 0 Å². The van der Waals surface area contributed by atoms with Gasteiger partial charge in [-0.15, -0.1) is 0 Å². The predicted molar refractivity (Wildman–Crippen MR) is 120 cm³/mol. The fraction of sp³-hybridized carbons (Fsp3) is 0.458. The zero-order valence-corrected chi connectivity index (χ0v) is 18.8. The molecule has 2 saturated carbocycles. The van der Waals surface area contributed by atoms with Crippen molar-refractivity contribution < 1.29 is 23.4 Å². The monoisotopic (exact) mass is 445 g/mol. The van der Waals surface area contributed by atoms with Crippen LogP contribution < -0.4 is 4.72 Å². The Labute approximate surface area is 184 Å². The fourth-order valence-electron chi connectivity index (χ4n) is 4.44. The number of carboxylic acid groups (broad SMARTS) is 2. The van der Waals surface area contributed by atoms with Gasteiger partial charge in [0.25, 0.3) is 0 Å². The second-order valence-corrected chi connectivity index (χ2v) is 10.7. The first-order valence-electron chi connectivity index (χ1n) is 10.7. The average molecular weight is 446 g/mol. The Morgan fingerprint density at radius 3 is 2.06 bits per heavy atom. The van der Waals surface area contributed by atoms with Gasteiger partial charge in [-0.2, -0.15) is 0 Å². The lowest BCUT2D eigenvalue weighted by Crippen LogP contribution is -2.30. The highest BCUT2D eigenvalue weighted by Crippen LogP contribution is 2.48. The normalized spacial score (nSPS) is 27.6. The number of hydrogen-bond acceptors (Lipinski definition) is 3. The number of benzene rings is 2. The van der Waals surface area contributed by atoms with Gasteiger partial charge in [-0.25, -0.2) is 17.9 Å². The van der Waals surface area contributed by atoms with Crippen molar-refractivity contribution in [2.24, 2.45) is 5.92 Å². The lowest BCUT2D eigenvalue weighted by atomic mass is 9.79. The van der Waals surface area contributed by atoms with Gasteiger partial charge in [0.05, 0.1) is 4.90 Å². The smallest absolute Gasteiger partial charge is 0.450 e. The topological polar surface area (TPSA) is 104 Å². The van der Waals surface area contributed by atoms with Gasteiger partial charge in [0.1, 0.15) is 0 Å². The minimum Gasteiger partial charge on any atom is -0.450 e. The number of sulfonamides is 1. The summed E-state index contributed by atoms with van der Waals surface area (Å²) < 4.78 is 28.6. The van der Waals surface area contributed by atoms with Crippen molar-refractivity contribution in [3.8, 4) is 0 Å². The van der Waals surface area contributed by atoms with E-state index in [0.29, 0.717) is 10.8 Å². The molecule has 4 rings (SSSR count). The highest BCUT2D eigenvalue weighted by molar-refractivity contribution is 7.89. The van der Waals surface area contributed by atoms with Crippen molar-refractivity contribution >= 4 is 16.2 Å². The summed E-state index contributed by atoms with van der Waals surface area (Å²) in [5.74, 6) is 1.40. The Hall–Kier alpha value is -2.38. The third-order valence-corrected chi connectivity index (χ3v) is 8.13. The molecule has 0 aromatic heterocycles. The molecule has 7 heteroatoms. The van der Waals surface area contributed by atoms with Crippen LogP contribution in [0.5, 0.6) is 0 Å². The second-order valence-electron chi connectivity index (χ2n) is 8.97. The molecule has 2 aliphatic carbocycles. The van der Waals surface area contributed by atoms with E-state index in [1.165, 1.54) is 36.8 Å². The minimum atomic E-state index is -3.48. The number of nitrogens with one attached hydrogen (secondary N) is 1. The Balaban J connectivity index is 0.000000628. The first-order chi connectivity index (χ1) is 14.6. The van der Waals surface area contributed by atoms with Crippen LogP contribution in [0.4, 0.5) is 4.79 Å². The van der Waals surface area contributed by atoms with E-state index in [1.54, 1.807) is 12.1 Å². The molecule has 3 N–H and O–H groups in total. The van der Waals surface area contributed by atoms with Gasteiger partial charge in [-0.1, -0.05) is 69.2 Å². The largest absolute Gasteiger partial charge is 0.503 e. The minimum absolute atomic E-state index is 0.0376. The Morgan fingerprint density at radius 2 is 1.52 bits per heavy atom. The summed E-state index contributed by atoms with van der Waals surface area (Å²) >= 11 is 0. The molecule has 0 amide bonds. The first kappa shape index (κ1) is 23.3. The summed E-state index contributed by atoms with van der Waals surface area (Å²) in [6, 6.07) is 17.7. The van der Waals surface area contributed by atoms with E-state index in [1.807, 2.05) is 30.3 Å². The van der Waals surface area contributed by atoms with Crippen LogP contribution in [-0.2, 0) is 15.4 Å². The van der Waals surface area contributed by atoms with Crippen LogP contribution in [0.1, 0.15) is 63.0 Å². The van der Waals surface area contributed by atoms with Crippen molar-refractivity contribution in [1.29, 1.82) is 0 Å². The summed E-state index contributed by atoms with van der Waals surface area (Å²) in [5, 5.41) is 13.9. The average Bonchev–Trinajstić information content (AvgIpc) is 3.38. The van der Waals surface area contributed by atoms with E-state index in [4.69, 9.17) is 15.0 Å². The summed E-state index contributed by atoms with van der Waals surface area (Å²) in [6.07, 6.45) is 3.97. The van der Waals surface area contributed by atoms with Gasteiger partial charge in [-0.3, -0.25) is 0 Å². The van der Waals surface area contributed by atoms with E-state index < -0.39 is 16.2 Å². The lowest BCUT2D eigenvalue weighted by molar-refractivity contribution is 0.137. The van der Waals surface area contributed by atoms with Crippen LogP contribution in [0.3, 0.4) is 0 Å².